The molecular formula is C21H24N2O3. The fourth-order valence-electron chi connectivity index (χ4n) is 3.47. The molecule has 5 heteroatoms. The van der Waals surface area contributed by atoms with Crippen molar-refractivity contribution in [3.05, 3.63) is 59.7 Å². The minimum Gasteiger partial charge on any atom is -0.449 e. The molecule has 0 fully saturated rings. The lowest BCUT2D eigenvalue weighted by Crippen LogP contribution is -2.37. The zero-order valence-corrected chi connectivity index (χ0v) is 14.7. The van der Waals surface area contributed by atoms with E-state index in [-0.39, 0.29) is 12.5 Å². The van der Waals surface area contributed by atoms with Gasteiger partial charge in [-0.25, -0.2) is 4.79 Å². The summed E-state index contributed by atoms with van der Waals surface area (Å²) in [6.45, 7) is 0.824. The Morgan fingerprint density at radius 1 is 1.08 bits per heavy atom. The minimum absolute atomic E-state index is 0.0140. The molecular weight excluding hydrogens is 328 g/mol. The van der Waals surface area contributed by atoms with Crippen molar-refractivity contribution in [2.75, 3.05) is 13.2 Å². The zero-order valence-electron chi connectivity index (χ0n) is 14.7. The Bertz CT molecular complexity index is 730. The highest BCUT2D eigenvalue weighted by Crippen LogP contribution is 2.44. The van der Waals surface area contributed by atoms with E-state index in [1.807, 2.05) is 24.3 Å². The van der Waals surface area contributed by atoms with Gasteiger partial charge in [0.15, 0.2) is 0 Å². The Morgan fingerprint density at radius 3 is 2.27 bits per heavy atom. The van der Waals surface area contributed by atoms with Gasteiger partial charge >= 0.3 is 6.09 Å². The molecule has 2 aromatic rings. The number of nitrogens with one attached hydrogen (secondary N) is 1. The van der Waals surface area contributed by atoms with Crippen molar-refractivity contribution in [3.8, 4) is 11.1 Å². The van der Waals surface area contributed by atoms with Crippen molar-refractivity contribution in [2.24, 2.45) is 5.73 Å². The molecule has 1 atom stereocenters. The van der Waals surface area contributed by atoms with Crippen LogP contribution in [0.1, 0.15) is 36.3 Å². The molecule has 1 aliphatic carbocycles. The third kappa shape index (κ3) is 3.94. The van der Waals surface area contributed by atoms with E-state index in [1.54, 1.807) is 0 Å². The van der Waals surface area contributed by atoms with E-state index in [0.717, 1.165) is 30.3 Å². The van der Waals surface area contributed by atoms with E-state index < -0.39 is 12.1 Å². The molecule has 0 heterocycles. The van der Waals surface area contributed by atoms with Crippen molar-refractivity contribution >= 4 is 12.4 Å². The number of benzene rings is 2. The number of rotatable bonds is 8. The fraction of sp³-hybridized carbons (Fsp3) is 0.333. The van der Waals surface area contributed by atoms with Crippen LogP contribution in [0.25, 0.3) is 11.1 Å². The summed E-state index contributed by atoms with van der Waals surface area (Å²) in [5.74, 6) is 0.0140. The number of fused-ring (bicyclic) bond motifs is 3. The summed E-state index contributed by atoms with van der Waals surface area (Å²) in [6, 6.07) is 15.8. The number of carbonyl (C=O) groups is 2. The number of hydrogen-bond donors (Lipinski definition) is 2. The van der Waals surface area contributed by atoms with Gasteiger partial charge in [-0.3, -0.25) is 0 Å². The van der Waals surface area contributed by atoms with Crippen LogP contribution in [0.5, 0.6) is 0 Å². The van der Waals surface area contributed by atoms with Crippen molar-refractivity contribution in [3.63, 3.8) is 0 Å². The maximum atomic E-state index is 12.1. The highest BCUT2D eigenvalue weighted by molar-refractivity contribution is 5.79. The lowest BCUT2D eigenvalue weighted by atomic mass is 9.98. The fourth-order valence-corrected chi connectivity index (χ4v) is 3.47. The standard InChI is InChI=1S/C21H24N2O3/c22-12-6-5-7-15(13-24)23-21(25)26-14-20-18-10-3-1-8-16(18)17-9-2-4-11-19(17)20/h1-4,8-11,13,15,20H,5-7,12,14,22H2,(H,23,25)/t15-/m0/s1. The van der Waals surface area contributed by atoms with Crippen LogP contribution in [0.3, 0.4) is 0 Å². The maximum Gasteiger partial charge on any atom is 0.407 e. The number of nitrogens with two attached hydrogens (primary N) is 1. The van der Waals surface area contributed by atoms with Crippen LogP contribution in [0.15, 0.2) is 48.5 Å². The summed E-state index contributed by atoms with van der Waals surface area (Å²) in [7, 11) is 0. The summed E-state index contributed by atoms with van der Waals surface area (Å²) in [6.07, 6.45) is 2.39. The Hall–Kier alpha value is -2.66. The van der Waals surface area contributed by atoms with Crippen LogP contribution in [-0.4, -0.2) is 31.6 Å². The Labute approximate surface area is 153 Å². The molecule has 0 saturated heterocycles. The summed E-state index contributed by atoms with van der Waals surface area (Å²) in [5, 5.41) is 2.63. The molecule has 0 radical (unpaired) electrons. The summed E-state index contributed by atoms with van der Waals surface area (Å²) in [4.78, 5) is 23.2. The van der Waals surface area contributed by atoms with Crippen LogP contribution >= 0.6 is 0 Å². The van der Waals surface area contributed by atoms with Gasteiger partial charge in [0.1, 0.15) is 12.9 Å². The number of aldehydes is 1. The number of alkyl carbamates (subject to hydrolysis) is 1. The highest BCUT2D eigenvalue weighted by Gasteiger charge is 2.29. The van der Waals surface area contributed by atoms with Gasteiger partial charge in [-0.1, -0.05) is 48.5 Å². The monoisotopic (exact) mass is 352 g/mol. The average molecular weight is 352 g/mol. The van der Waals surface area contributed by atoms with E-state index in [0.29, 0.717) is 13.0 Å². The lowest BCUT2D eigenvalue weighted by Gasteiger charge is -2.16. The van der Waals surface area contributed by atoms with Crippen molar-refractivity contribution in [1.29, 1.82) is 0 Å². The molecule has 0 aliphatic heterocycles. The number of hydrogen-bond acceptors (Lipinski definition) is 4. The second-order valence-electron chi connectivity index (χ2n) is 6.50. The first-order valence-corrected chi connectivity index (χ1v) is 9.01. The quantitative estimate of drug-likeness (QED) is 0.564. The van der Waals surface area contributed by atoms with Crippen LogP contribution in [0, 0.1) is 0 Å². The van der Waals surface area contributed by atoms with Gasteiger partial charge in [0.25, 0.3) is 0 Å². The van der Waals surface area contributed by atoms with Gasteiger partial charge in [-0.2, -0.15) is 0 Å². The normalized spacial score (nSPS) is 13.6. The molecule has 1 aliphatic rings. The highest BCUT2D eigenvalue weighted by atomic mass is 16.5. The molecule has 5 nitrogen and oxygen atoms in total. The van der Waals surface area contributed by atoms with E-state index >= 15 is 0 Å². The molecule has 3 rings (SSSR count). The van der Waals surface area contributed by atoms with E-state index in [9.17, 15) is 9.59 Å². The first-order valence-electron chi connectivity index (χ1n) is 9.01. The topological polar surface area (TPSA) is 81.4 Å². The number of ether oxygens (including phenoxy) is 1. The zero-order chi connectivity index (χ0) is 18.4. The Morgan fingerprint density at radius 2 is 1.69 bits per heavy atom. The maximum absolute atomic E-state index is 12.1. The number of carbonyl (C=O) groups excluding carboxylic acids is 2. The lowest BCUT2D eigenvalue weighted by molar-refractivity contribution is -0.109. The molecule has 0 saturated carbocycles. The van der Waals surface area contributed by atoms with Crippen LogP contribution in [0.4, 0.5) is 4.79 Å². The minimum atomic E-state index is -0.559. The first kappa shape index (κ1) is 18.1. The first-order chi connectivity index (χ1) is 12.7. The largest absolute Gasteiger partial charge is 0.449 e. The molecule has 0 bridgehead atoms. The van der Waals surface area contributed by atoms with Crippen LogP contribution in [-0.2, 0) is 9.53 Å². The second kappa shape index (κ2) is 8.63. The molecule has 2 aromatic carbocycles. The molecule has 0 spiro atoms. The summed E-state index contributed by atoms with van der Waals surface area (Å²) in [5.41, 5.74) is 10.1. The third-order valence-corrected chi connectivity index (χ3v) is 4.78. The predicted octanol–water partition coefficient (Wildman–Crippen LogP) is 3.22. The van der Waals surface area contributed by atoms with Crippen LogP contribution < -0.4 is 11.1 Å². The van der Waals surface area contributed by atoms with Gasteiger partial charge in [-0.15, -0.1) is 0 Å². The van der Waals surface area contributed by atoms with Gasteiger partial charge in [0, 0.05) is 5.92 Å². The van der Waals surface area contributed by atoms with Crippen molar-refractivity contribution in [1.82, 2.24) is 5.32 Å². The third-order valence-electron chi connectivity index (χ3n) is 4.78. The average Bonchev–Trinajstić information content (AvgIpc) is 2.99. The van der Waals surface area contributed by atoms with Crippen LogP contribution in [0.2, 0.25) is 0 Å². The van der Waals surface area contributed by atoms with Crippen molar-refractivity contribution < 1.29 is 14.3 Å². The summed E-state index contributed by atoms with van der Waals surface area (Å²) >= 11 is 0. The SMILES string of the molecule is NCCCC[C@@H](C=O)NC(=O)OCC1c2ccccc2-c2ccccc21. The van der Waals surface area contributed by atoms with E-state index in [4.69, 9.17) is 10.5 Å². The van der Waals surface area contributed by atoms with Gasteiger partial charge in [0.05, 0.1) is 6.04 Å². The molecule has 3 N–H and O–H groups in total. The van der Waals surface area contributed by atoms with Gasteiger partial charge in [0.2, 0.25) is 0 Å². The van der Waals surface area contributed by atoms with Gasteiger partial charge in [-0.05, 0) is 48.1 Å². The van der Waals surface area contributed by atoms with E-state index in [2.05, 4.69) is 29.6 Å². The Kier molecular flexibility index (Phi) is 6.02. The molecule has 136 valence electrons. The smallest absolute Gasteiger partial charge is 0.407 e. The number of amides is 1. The van der Waals surface area contributed by atoms with Crippen molar-refractivity contribution in [2.45, 2.75) is 31.2 Å². The second-order valence-corrected chi connectivity index (χ2v) is 6.50. The number of unbranched alkanes of at least 4 members (excludes halogenated alkanes) is 1. The molecule has 0 unspecified atom stereocenters. The molecule has 0 aromatic heterocycles. The van der Waals surface area contributed by atoms with Gasteiger partial charge < -0.3 is 20.6 Å². The molecule has 26 heavy (non-hydrogen) atoms. The molecule has 1 amide bonds. The summed E-state index contributed by atoms with van der Waals surface area (Å²) < 4.78 is 5.44. The van der Waals surface area contributed by atoms with E-state index in [1.165, 1.54) is 11.1 Å². The Balaban J connectivity index is 1.62. The predicted molar refractivity (Wildman–Crippen MR) is 101 cm³/mol.